The molecule has 1 spiro atoms. The van der Waals surface area contributed by atoms with Gasteiger partial charge in [0.1, 0.15) is 11.5 Å². The summed E-state index contributed by atoms with van der Waals surface area (Å²) < 4.78 is 13.5. The van der Waals surface area contributed by atoms with Crippen LogP contribution in [-0.2, 0) is 0 Å². The largest absolute Gasteiger partial charge is 0.348 e. The van der Waals surface area contributed by atoms with Crippen molar-refractivity contribution in [1.29, 1.82) is 0 Å². The van der Waals surface area contributed by atoms with Crippen LogP contribution in [0.25, 0.3) is 0 Å². The third-order valence-corrected chi connectivity index (χ3v) is 5.82. The van der Waals surface area contributed by atoms with Crippen LogP contribution in [0.3, 0.4) is 0 Å². The van der Waals surface area contributed by atoms with E-state index in [0.29, 0.717) is 37.1 Å². The Bertz CT molecular complexity index is 935. The molecular formula is C22H24FN3O2. The summed E-state index contributed by atoms with van der Waals surface area (Å²) in [4.78, 5) is 29.5. The first-order valence-electron chi connectivity index (χ1n) is 9.69. The van der Waals surface area contributed by atoms with Crippen LogP contribution in [0.5, 0.6) is 0 Å². The zero-order valence-electron chi connectivity index (χ0n) is 16.2. The highest BCUT2D eigenvalue weighted by atomic mass is 19.1. The summed E-state index contributed by atoms with van der Waals surface area (Å²) in [7, 11) is 0. The van der Waals surface area contributed by atoms with Crippen LogP contribution in [0.4, 0.5) is 10.1 Å². The molecule has 2 heterocycles. The molecule has 1 fully saturated rings. The van der Waals surface area contributed by atoms with Gasteiger partial charge in [0, 0.05) is 38.0 Å². The average Bonchev–Trinajstić information content (AvgIpc) is 2.69. The van der Waals surface area contributed by atoms with E-state index in [9.17, 15) is 14.0 Å². The quantitative estimate of drug-likeness (QED) is 0.868. The summed E-state index contributed by atoms with van der Waals surface area (Å²) in [5.74, 6) is -0.646. The summed E-state index contributed by atoms with van der Waals surface area (Å²) in [6, 6.07) is 11.7. The van der Waals surface area contributed by atoms with Crippen molar-refractivity contribution < 1.29 is 14.0 Å². The second kappa shape index (κ2) is 6.93. The predicted octanol–water partition coefficient (Wildman–Crippen LogP) is 3.34. The number of fused-ring (bicyclic) bond motifs is 1. The fraction of sp³-hybridized carbons (Fsp3) is 0.364. The molecule has 0 unspecified atom stereocenters. The van der Waals surface area contributed by atoms with Gasteiger partial charge in [0.05, 0.1) is 11.3 Å². The van der Waals surface area contributed by atoms with Crippen molar-refractivity contribution in [2.24, 2.45) is 0 Å². The van der Waals surface area contributed by atoms with Crippen molar-refractivity contribution in [2.45, 2.75) is 32.4 Å². The molecule has 146 valence electrons. The monoisotopic (exact) mass is 381 g/mol. The highest BCUT2D eigenvalue weighted by Gasteiger charge is 2.45. The van der Waals surface area contributed by atoms with Gasteiger partial charge in [-0.15, -0.1) is 0 Å². The molecule has 2 aromatic rings. The molecule has 6 heteroatoms. The lowest BCUT2D eigenvalue weighted by Gasteiger charge is -2.52. The van der Waals surface area contributed by atoms with Gasteiger partial charge in [-0.05, 0) is 44.2 Å². The van der Waals surface area contributed by atoms with E-state index in [2.05, 4.69) is 17.1 Å². The molecule has 28 heavy (non-hydrogen) atoms. The fourth-order valence-electron chi connectivity index (χ4n) is 4.40. The Morgan fingerprint density at radius 2 is 1.93 bits per heavy atom. The second-order valence-electron chi connectivity index (χ2n) is 7.55. The van der Waals surface area contributed by atoms with Crippen LogP contribution >= 0.6 is 0 Å². The lowest BCUT2D eigenvalue weighted by atomic mass is 9.89. The minimum absolute atomic E-state index is 0.0618. The predicted molar refractivity (Wildman–Crippen MR) is 106 cm³/mol. The normalized spacial score (nSPS) is 18.0. The SMILES string of the molecule is CCN1c2ccc(C)cc2C(=O)NC12CCN(C(=O)c1cccc(F)c1)CC2. The van der Waals surface area contributed by atoms with Crippen LogP contribution in [0.1, 0.15) is 46.0 Å². The number of likely N-dealkylation sites (tertiary alicyclic amines) is 1. The number of amides is 2. The Hall–Kier alpha value is -2.89. The van der Waals surface area contributed by atoms with Gasteiger partial charge in [0.25, 0.3) is 11.8 Å². The van der Waals surface area contributed by atoms with Crippen LogP contribution in [0.15, 0.2) is 42.5 Å². The number of piperidine rings is 1. The van der Waals surface area contributed by atoms with E-state index in [1.54, 1.807) is 17.0 Å². The number of nitrogens with zero attached hydrogens (tertiary/aromatic N) is 2. The minimum Gasteiger partial charge on any atom is -0.348 e. The standard InChI is InChI=1S/C22H24FN3O2/c1-3-26-19-8-7-15(2)13-18(19)20(27)24-22(26)9-11-25(12-10-22)21(28)16-5-4-6-17(23)14-16/h4-8,13-14H,3,9-12H2,1-2H3,(H,24,27). The molecule has 4 rings (SSSR count). The molecule has 2 aliphatic heterocycles. The van der Waals surface area contributed by atoms with E-state index in [-0.39, 0.29) is 11.8 Å². The lowest BCUT2D eigenvalue weighted by molar-refractivity contribution is 0.0603. The molecule has 2 amide bonds. The van der Waals surface area contributed by atoms with Crippen molar-refractivity contribution in [3.05, 3.63) is 65.0 Å². The van der Waals surface area contributed by atoms with Gasteiger partial charge >= 0.3 is 0 Å². The van der Waals surface area contributed by atoms with Gasteiger partial charge in [0.2, 0.25) is 0 Å². The Kier molecular flexibility index (Phi) is 4.57. The second-order valence-corrected chi connectivity index (χ2v) is 7.55. The van der Waals surface area contributed by atoms with E-state index >= 15 is 0 Å². The molecule has 5 nitrogen and oxygen atoms in total. The average molecular weight is 381 g/mol. The van der Waals surface area contributed by atoms with Crippen molar-refractivity contribution in [2.75, 3.05) is 24.5 Å². The molecule has 0 radical (unpaired) electrons. The maximum atomic E-state index is 13.5. The first-order valence-corrected chi connectivity index (χ1v) is 9.69. The highest BCUT2D eigenvalue weighted by Crippen LogP contribution is 2.37. The topological polar surface area (TPSA) is 52.7 Å². The molecule has 1 saturated heterocycles. The van der Waals surface area contributed by atoms with Gasteiger partial charge in [-0.25, -0.2) is 4.39 Å². The van der Waals surface area contributed by atoms with Crippen LogP contribution in [-0.4, -0.2) is 42.0 Å². The van der Waals surface area contributed by atoms with Crippen molar-refractivity contribution in [3.63, 3.8) is 0 Å². The molecule has 1 N–H and O–H groups in total. The van der Waals surface area contributed by atoms with Crippen LogP contribution in [0.2, 0.25) is 0 Å². The van der Waals surface area contributed by atoms with E-state index in [4.69, 9.17) is 0 Å². The number of anilines is 1. The van der Waals surface area contributed by atoms with E-state index in [1.165, 1.54) is 12.1 Å². The zero-order chi connectivity index (χ0) is 19.9. The van der Waals surface area contributed by atoms with Gasteiger partial charge in [-0.3, -0.25) is 9.59 Å². The zero-order valence-corrected chi connectivity index (χ0v) is 16.2. The molecule has 0 aliphatic carbocycles. The maximum Gasteiger partial charge on any atom is 0.255 e. The first-order chi connectivity index (χ1) is 13.4. The Morgan fingerprint density at radius 1 is 1.18 bits per heavy atom. The first kappa shape index (κ1) is 18.5. The molecule has 0 bridgehead atoms. The fourth-order valence-corrected chi connectivity index (χ4v) is 4.40. The highest BCUT2D eigenvalue weighted by molar-refractivity contribution is 6.03. The summed E-state index contributed by atoms with van der Waals surface area (Å²) in [6.07, 6.45) is 1.25. The van der Waals surface area contributed by atoms with Gasteiger partial charge in [0.15, 0.2) is 0 Å². The smallest absolute Gasteiger partial charge is 0.255 e. The lowest BCUT2D eigenvalue weighted by Crippen LogP contribution is -2.68. The number of nitrogens with one attached hydrogen (secondary N) is 1. The maximum absolute atomic E-state index is 13.5. The molecule has 2 aliphatic rings. The summed E-state index contributed by atoms with van der Waals surface area (Å²) in [5.41, 5.74) is 2.56. The number of hydrogen-bond donors (Lipinski definition) is 1. The number of rotatable bonds is 2. The molecule has 0 atom stereocenters. The number of halogens is 1. The summed E-state index contributed by atoms with van der Waals surface area (Å²) >= 11 is 0. The Balaban J connectivity index is 1.57. The number of benzene rings is 2. The van der Waals surface area contributed by atoms with E-state index in [0.717, 1.165) is 17.8 Å². The minimum atomic E-state index is -0.493. The van der Waals surface area contributed by atoms with Gasteiger partial charge in [-0.1, -0.05) is 17.7 Å². The number of aryl methyl sites for hydroxylation is 1. The van der Waals surface area contributed by atoms with E-state index < -0.39 is 11.5 Å². The molecule has 0 aromatic heterocycles. The van der Waals surface area contributed by atoms with Gasteiger partial charge < -0.3 is 15.1 Å². The Morgan fingerprint density at radius 3 is 2.61 bits per heavy atom. The van der Waals surface area contributed by atoms with Crippen molar-refractivity contribution in [3.8, 4) is 0 Å². The van der Waals surface area contributed by atoms with Crippen LogP contribution in [0, 0.1) is 12.7 Å². The number of carbonyl (C=O) groups is 2. The summed E-state index contributed by atoms with van der Waals surface area (Å²) in [6.45, 7) is 5.83. The Labute approximate surface area is 164 Å². The number of carbonyl (C=O) groups excluding carboxylic acids is 2. The van der Waals surface area contributed by atoms with E-state index in [1.807, 2.05) is 25.1 Å². The third-order valence-electron chi connectivity index (χ3n) is 5.82. The van der Waals surface area contributed by atoms with Crippen LogP contribution < -0.4 is 10.2 Å². The van der Waals surface area contributed by atoms with Gasteiger partial charge in [-0.2, -0.15) is 0 Å². The molecule has 0 saturated carbocycles. The molecular weight excluding hydrogens is 357 g/mol. The van der Waals surface area contributed by atoms with Crippen molar-refractivity contribution in [1.82, 2.24) is 10.2 Å². The molecule has 2 aromatic carbocycles. The van der Waals surface area contributed by atoms with Crippen molar-refractivity contribution >= 4 is 17.5 Å². The third kappa shape index (κ3) is 3.03. The number of hydrogen-bond acceptors (Lipinski definition) is 3. The summed E-state index contributed by atoms with van der Waals surface area (Å²) in [5, 5.41) is 3.21.